The van der Waals surface area contributed by atoms with Crippen LogP contribution in [0.4, 0.5) is 16.3 Å². The minimum atomic E-state index is -0.327. The van der Waals surface area contributed by atoms with Crippen LogP contribution in [0, 0.1) is 6.92 Å². The number of aliphatic hydroxyl groups is 1. The van der Waals surface area contributed by atoms with Gasteiger partial charge in [0.15, 0.2) is 0 Å². The summed E-state index contributed by atoms with van der Waals surface area (Å²) in [6.45, 7) is 7.62. The summed E-state index contributed by atoms with van der Waals surface area (Å²) in [6, 6.07) is 2.25. The van der Waals surface area contributed by atoms with Crippen molar-refractivity contribution < 1.29 is 9.90 Å². The van der Waals surface area contributed by atoms with Crippen LogP contribution in [-0.2, 0) is 0 Å². The number of rotatable bonds is 6. The molecule has 3 N–H and O–H groups in total. The number of pyridine rings is 1. The molecule has 1 aromatic heterocycles. The number of aryl methyl sites for hydroxylation is 1. The molecule has 2 atom stereocenters. The molecule has 0 aromatic carbocycles. The maximum Gasteiger partial charge on any atom is 0.319 e. The summed E-state index contributed by atoms with van der Waals surface area (Å²) >= 11 is 0. The SMILES string of the molecule is Cc1cc(NC(=O)NCCCC(C)O)cnc1N1CCCCC1C. The summed E-state index contributed by atoms with van der Waals surface area (Å²) < 4.78 is 0. The molecule has 6 heteroatoms. The average Bonchev–Trinajstić information content (AvgIpc) is 2.53. The van der Waals surface area contributed by atoms with Crippen molar-refractivity contribution in [1.82, 2.24) is 10.3 Å². The number of carbonyl (C=O) groups is 1. The number of piperidine rings is 1. The van der Waals surface area contributed by atoms with Gasteiger partial charge < -0.3 is 20.6 Å². The highest BCUT2D eigenvalue weighted by Crippen LogP contribution is 2.27. The molecule has 2 unspecified atom stereocenters. The molecule has 2 amide bonds. The van der Waals surface area contributed by atoms with Crippen LogP contribution in [0.15, 0.2) is 12.3 Å². The molecular weight excluding hydrogens is 304 g/mol. The van der Waals surface area contributed by atoms with Crippen LogP contribution < -0.4 is 15.5 Å². The number of carbonyl (C=O) groups excluding carboxylic acids is 1. The van der Waals surface area contributed by atoms with Gasteiger partial charge in [0, 0.05) is 19.1 Å². The molecule has 1 aliphatic heterocycles. The molecule has 1 aromatic rings. The maximum atomic E-state index is 11.9. The first-order chi connectivity index (χ1) is 11.5. The first kappa shape index (κ1) is 18.5. The number of aliphatic hydroxyl groups excluding tert-OH is 1. The number of nitrogens with zero attached hydrogens (tertiary/aromatic N) is 2. The average molecular weight is 334 g/mol. The molecule has 1 saturated heterocycles. The van der Waals surface area contributed by atoms with E-state index in [9.17, 15) is 9.90 Å². The zero-order valence-electron chi connectivity index (χ0n) is 15.0. The number of aromatic nitrogens is 1. The number of hydrogen-bond acceptors (Lipinski definition) is 4. The van der Waals surface area contributed by atoms with Gasteiger partial charge in [0.2, 0.25) is 0 Å². The van der Waals surface area contributed by atoms with Gasteiger partial charge in [-0.15, -0.1) is 0 Å². The van der Waals surface area contributed by atoms with Gasteiger partial charge in [0.1, 0.15) is 5.82 Å². The lowest BCUT2D eigenvalue weighted by atomic mass is 10.0. The molecule has 134 valence electrons. The molecule has 24 heavy (non-hydrogen) atoms. The molecule has 2 heterocycles. The van der Waals surface area contributed by atoms with Gasteiger partial charge in [-0.25, -0.2) is 9.78 Å². The van der Waals surface area contributed by atoms with Crippen LogP contribution in [0.1, 0.15) is 51.5 Å². The monoisotopic (exact) mass is 334 g/mol. The number of hydrogen-bond donors (Lipinski definition) is 3. The van der Waals surface area contributed by atoms with Gasteiger partial charge in [0.25, 0.3) is 0 Å². The zero-order valence-corrected chi connectivity index (χ0v) is 15.0. The van der Waals surface area contributed by atoms with E-state index in [2.05, 4.69) is 27.4 Å². The van der Waals surface area contributed by atoms with Crippen LogP contribution in [0.25, 0.3) is 0 Å². The normalized spacial score (nSPS) is 19.0. The van der Waals surface area contributed by atoms with E-state index in [0.29, 0.717) is 24.7 Å². The van der Waals surface area contributed by atoms with Crippen LogP contribution in [0.2, 0.25) is 0 Å². The van der Waals surface area contributed by atoms with Crippen molar-refractivity contribution in [3.05, 3.63) is 17.8 Å². The Kier molecular flexibility index (Phi) is 6.85. The Morgan fingerprint density at radius 1 is 1.50 bits per heavy atom. The molecular formula is C18H30N4O2. The van der Waals surface area contributed by atoms with E-state index in [1.54, 1.807) is 13.1 Å². The van der Waals surface area contributed by atoms with Gasteiger partial charge in [-0.3, -0.25) is 0 Å². The topological polar surface area (TPSA) is 77.5 Å². The number of anilines is 2. The molecule has 1 aliphatic rings. The van der Waals surface area contributed by atoms with E-state index >= 15 is 0 Å². The third kappa shape index (κ3) is 5.37. The Labute approximate surface area is 144 Å². The highest BCUT2D eigenvalue weighted by Gasteiger charge is 2.21. The van der Waals surface area contributed by atoms with Crippen LogP contribution in [0.3, 0.4) is 0 Å². The zero-order chi connectivity index (χ0) is 17.5. The fourth-order valence-corrected chi connectivity index (χ4v) is 3.12. The second kappa shape index (κ2) is 8.87. The van der Waals surface area contributed by atoms with Crippen LogP contribution in [-0.4, -0.2) is 41.4 Å². The minimum Gasteiger partial charge on any atom is -0.393 e. The summed E-state index contributed by atoms with van der Waals surface area (Å²) in [5, 5.41) is 14.8. The molecule has 0 radical (unpaired) electrons. The molecule has 0 spiro atoms. The molecule has 0 aliphatic carbocycles. The lowest BCUT2D eigenvalue weighted by Gasteiger charge is -2.35. The quantitative estimate of drug-likeness (QED) is 0.699. The van der Waals surface area contributed by atoms with Crippen molar-refractivity contribution in [1.29, 1.82) is 0 Å². The molecule has 2 rings (SSSR count). The maximum absolute atomic E-state index is 11.9. The number of urea groups is 1. The van der Waals surface area contributed by atoms with Gasteiger partial charge in [-0.2, -0.15) is 0 Å². The third-order valence-electron chi connectivity index (χ3n) is 4.47. The van der Waals surface area contributed by atoms with Crippen molar-refractivity contribution >= 4 is 17.5 Å². The summed E-state index contributed by atoms with van der Waals surface area (Å²) in [5.74, 6) is 1.02. The van der Waals surface area contributed by atoms with E-state index in [-0.39, 0.29) is 12.1 Å². The van der Waals surface area contributed by atoms with Crippen molar-refractivity contribution in [2.75, 3.05) is 23.3 Å². The van der Waals surface area contributed by atoms with E-state index in [1.165, 1.54) is 19.3 Å². The van der Waals surface area contributed by atoms with Crippen molar-refractivity contribution in [3.8, 4) is 0 Å². The predicted molar refractivity (Wildman–Crippen MR) is 97.6 cm³/mol. The van der Waals surface area contributed by atoms with Crippen molar-refractivity contribution in [3.63, 3.8) is 0 Å². The first-order valence-electron chi connectivity index (χ1n) is 8.93. The fourth-order valence-electron chi connectivity index (χ4n) is 3.12. The van der Waals surface area contributed by atoms with E-state index < -0.39 is 0 Å². The van der Waals surface area contributed by atoms with Crippen LogP contribution >= 0.6 is 0 Å². The lowest BCUT2D eigenvalue weighted by molar-refractivity contribution is 0.181. The Morgan fingerprint density at radius 2 is 2.29 bits per heavy atom. The van der Waals surface area contributed by atoms with Crippen molar-refractivity contribution in [2.24, 2.45) is 0 Å². The van der Waals surface area contributed by atoms with Crippen LogP contribution in [0.5, 0.6) is 0 Å². The second-order valence-electron chi connectivity index (χ2n) is 6.77. The summed E-state index contributed by atoms with van der Waals surface area (Å²) in [4.78, 5) is 18.8. The van der Waals surface area contributed by atoms with Gasteiger partial charge in [-0.05, 0) is 64.5 Å². The minimum absolute atomic E-state index is 0.235. The Morgan fingerprint density at radius 3 is 2.96 bits per heavy atom. The third-order valence-corrected chi connectivity index (χ3v) is 4.47. The first-order valence-corrected chi connectivity index (χ1v) is 8.93. The molecule has 1 fully saturated rings. The van der Waals surface area contributed by atoms with E-state index in [4.69, 9.17) is 0 Å². The van der Waals surface area contributed by atoms with Crippen molar-refractivity contribution in [2.45, 2.75) is 65.0 Å². The summed E-state index contributed by atoms with van der Waals surface area (Å²) in [6.07, 6.45) is 6.53. The summed E-state index contributed by atoms with van der Waals surface area (Å²) in [5.41, 5.74) is 1.78. The van der Waals surface area contributed by atoms with E-state index in [1.807, 2.05) is 13.0 Å². The van der Waals surface area contributed by atoms with E-state index in [0.717, 1.165) is 24.3 Å². The largest absolute Gasteiger partial charge is 0.393 e. The Balaban J connectivity index is 1.88. The number of nitrogens with one attached hydrogen (secondary N) is 2. The van der Waals surface area contributed by atoms with Gasteiger partial charge in [0.05, 0.1) is 18.0 Å². The predicted octanol–water partition coefficient (Wildman–Crippen LogP) is 3.05. The smallest absolute Gasteiger partial charge is 0.319 e. The number of amides is 2. The lowest BCUT2D eigenvalue weighted by Crippen LogP contribution is -2.38. The molecule has 0 bridgehead atoms. The highest BCUT2D eigenvalue weighted by atomic mass is 16.3. The Hall–Kier alpha value is -1.82. The Bertz CT molecular complexity index is 548. The van der Waals surface area contributed by atoms with Gasteiger partial charge >= 0.3 is 6.03 Å². The molecule has 6 nitrogen and oxygen atoms in total. The summed E-state index contributed by atoms with van der Waals surface area (Å²) in [7, 11) is 0. The fraction of sp³-hybridized carbons (Fsp3) is 0.667. The second-order valence-corrected chi connectivity index (χ2v) is 6.77. The highest BCUT2D eigenvalue weighted by molar-refractivity contribution is 5.89. The standard InChI is InChI=1S/C18H30N4O2/c1-13-11-16(21-18(24)19-9-6-8-15(3)23)12-20-17(13)22-10-5-4-7-14(22)2/h11-12,14-15,23H,4-10H2,1-3H3,(H2,19,21,24). The molecule has 0 saturated carbocycles. The van der Waals surface area contributed by atoms with Gasteiger partial charge in [-0.1, -0.05) is 0 Å².